The van der Waals surface area contributed by atoms with Gasteiger partial charge in [0.1, 0.15) is 10.3 Å². The lowest BCUT2D eigenvalue weighted by molar-refractivity contribution is 1.11. The van der Waals surface area contributed by atoms with E-state index in [1.807, 2.05) is 72.8 Å². The van der Waals surface area contributed by atoms with Crippen LogP contribution in [-0.4, -0.2) is 19.9 Å². The SMILES string of the molecule is Brc1cc(-c2nc(-c3ccccc3)c3ccccc3n2)nc(-c2ccc(-c3ccccc3)cc2)n1. The van der Waals surface area contributed by atoms with E-state index in [1.54, 1.807) is 0 Å². The predicted octanol–water partition coefficient (Wildman–Crippen LogP) is 7.85. The summed E-state index contributed by atoms with van der Waals surface area (Å²) in [5.74, 6) is 1.18. The van der Waals surface area contributed by atoms with Crippen molar-refractivity contribution in [2.75, 3.05) is 0 Å². The first-order chi connectivity index (χ1) is 17.2. The summed E-state index contributed by atoms with van der Waals surface area (Å²) < 4.78 is 0.683. The second-order valence-electron chi connectivity index (χ2n) is 8.12. The molecule has 35 heavy (non-hydrogen) atoms. The van der Waals surface area contributed by atoms with Crippen molar-refractivity contribution in [2.45, 2.75) is 0 Å². The van der Waals surface area contributed by atoms with Crippen molar-refractivity contribution in [2.24, 2.45) is 0 Å². The minimum absolute atomic E-state index is 0.563. The van der Waals surface area contributed by atoms with Gasteiger partial charge in [0.05, 0.1) is 11.2 Å². The van der Waals surface area contributed by atoms with E-state index in [0.29, 0.717) is 21.9 Å². The summed E-state index contributed by atoms with van der Waals surface area (Å²) in [4.78, 5) is 19.3. The molecule has 0 radical (unpaired) electrons. The Balaban J connectivity index is 1.45. The molecular weight excluding hydrogens is 496 g/mol. The highest BCUT2D eigenvalue weighted by Crippen LogP contribution is 2.30. The van der Waals surface area contributed by atoms with E-state index in [1.165, 1.54) is 5.56 Å². The van der Waals surface area contributed by atoms with E-state index < -0.39 is 0 Å². The minimum Gasteiger partial charge on any atom is -0.227 e. The van der Waals surface area contributed by atoms with Gasteiger partial charge in [-0.25, -0.2) is 19.9 Å². The normalized spacial score (nSPS) is 11.0. The number of rotatable bonds is 4. The molecule has 0 spiro atoms. The number of fused-ring (bicyclic) bond motifs is 1. The van der Waals surface area contributed by atoms with Crippen LogP contribution in [-0.2, 0) is 0 Å². The highest BCUT2D eigenvalue weighted by molar-refractivity contribution is 9.10. The molecule has 6 rings (SSSR count). The van der Waals surface area contributed by atoms with Gasteiger partial charge in [-0.1, -0.05) is 103 Å². The van der Waals surface area contributed by atoms with Crippen LogP contribution >= 0.6 is 15.9 Å². The van der Waals surface area contributed by atoms with Crippen molar-refractivity contribution in [3.63, 3.8) is 0 Å². The summed E-state index contributed by atoms with van der Waals surface area (Å²) in [6.07, 6.45) is 0. The summed E-state index contributed by atoms with van der Waals surface area (Å²) in [7, 11) is 0. The van der Waals surface area contributed by atoms with Crippen molar-refractivity contribution in [3.05, 3.63) is 120 Å². The van der Waals surface area contributed by atoms with Crippen molar-refractivity contribution < 1.29 is 0 Å². The van der Waals surface area contributed by atoms with Crippen LogP contribution in [0.15, 0.2) is 120 Å². The van der Waals surface area contributed by atoms with Crippen LogP contribution in [0.25, 0.3) is 56.2 Å². The summed E-state index contributed by atoms with van der Waals surface area (Å²) in [6, 6.07) is 38.7. The number of hydrogen-bond acceptors (Lipinski definition) is 4. The van der Waals surface area contributed by atoms with E-state index in [9.17, 15) is 0 Å². The lowest BCUT2D eigenvalue weighted by Crippen LogP contribution is -1.99. The maximum Gasteiger partial charge on any atom is 0.179 e. The lowest BCUT2D eigenvalue weighted by Gasteiger charge is -2.10. The molecule has 2 aromatic heterocycles. The molecule has 0 saturated carbocycles. The van der Waals surface area contributed by atoms with Crippen molar-refractivity contribution in [1.29, 1.82) is 0 Å². The fraction of sp³-hybridized carbons (Fsp3) is 0. The average molecular weight is 515 g/mol. The molecule has 4 nitrogen and oxygen atoms in total. The zero-order chi connectivity index (χ0) is 23.6. The number of benzene rings is 4. The smallest absolute Gasteiger partial charge is 0.179 e. The molecule has 0 bridgehead atoms. The zero-order valence-corrected chi connectivity index (χ0v) is 20.2. The number of para-hydroxylation sites is 1. The van der Waals surface area contributed by atoms with E-state index >= 15 is 0 Å². The van der Waals surface area contributed by atoms with Crippen LogP contribution in [0.5, 0.6) is 0 Å². The van der Waals surface area contributed by atoms with Crippen LogP contribution in [0.2, 0.25) is 0 Å². The number of aromatic nitrogens is 4. The highest BCUT2D eigenvalue weighted by Gasteiger charge is 2.14. The van der Waals surface area contributed by atoms with E-state index in [4.69, 9.17) is 15.0 Å². The van der Waals surface area contributed by atoms with Crippen LogP contribution in [0.4, 0.5) is 0 Å². The van der Waals surface area contributed by atoms with Crippen LogP contribution in [0, 0.1) is 0 Å². The van der Waals surface area contributed by atoms with Gasteiger partial charge >= 0.3 is 0 Å². The first-order valence-electron chi connectivity index (χ1n) is 11.3. The molecule has 0 N–H and O–H groups in total. The molecule has 0 amide bonds. The molecule has 0 unspecified atom stereocenters. The maximum absolute atomic E-state index is 4.95. The van der Waals surface area contributed by atoms with Gasteiger partial charge in [0.25, 0.3) is 0 Å². The Morgan fingerprint density at radius 2 is 1.06 bits per heavy atom. The molecule has 0 saturated heterocycles. The third kappa shape index (κ3) is 4.34. The Morgan fingerprint density at radius 1 is 0.457 bits per heavy atom. The van der Waals surface area contributed by atoms with Gasteiger partial charge in [0.2, 0.25) is 0 Å². The summed E-state index contributed by atoms with van der Waals surface area (Å²) in [5, 5.41) is 1.01. The van der Waals surface area contributed by atoms with Crippen molar-refractivity contribution >= 4 is 26.8 Å². The molecule has 0 aliphatic rings. The lowest BCUT2D eigenvalue weighted by atomic mass is 10.0. The molecule has 4 aromatic carbocycles. The summed E-state index contributed by atoms with van der Waals surface area (Å²) >= 11 is 3.57. The molecular formula is C30H19BrN4. The van der Waals surface area contributed by atoms with Gasteiger partial charge in [0.15, 0.2) is 11.6 Å². The fourth-order valence-electron chi connectivity index (χ4n) is 4.11. The van der Waals surface area contributed by atoms with E-state index in [-0.39, 0.29) is 0 Å². The molecule has 5 heteroatoms. The third-order valence-corrected chi connectivity index (χ3v) is 6.23. The van der Waals surface area contributed by atoms with Gasteiger partial charge in [-0.2, -0.15) is 0 Å². The van der Waals surface area contributed by atoms with E-state index in [2.05, 4.69) is 63.4 Å². The number of nitrogens with zero attached hydrogens (tertiary/aromatic N) is 4. The zero-order valence-electron chi connectivity index (χ0n) is 18.6. The Morgan fingerprint density at radius 3 is 1.80 bits per heavy atom. The molecule has 166 valence electrons. The maximum atomic E-state index is 4.95. The Hall–Kier alpha value is -4.22. The van der Waals surface area contributed by atoms with Crippen LogP contribution < -0.4 is 0 Å². The van der Waals surface area contributed by atoms with Gasteiger partial charge in [-0.3, -0.25) is 0 Å². The largest absolute Gasteiger partial charge is 0.227 e. The molecule has 0 aliphatic carbocycles. The average Bonchev–Trinajstić information content (AvgIpc) is 2.93. The summed E-state index contributed by atoms with van der Waals surface area (Å²) in [5.41, 5.74) is 6.71. The number of halogens is 1. The molecule has 0 atom stereocenters. The van der Waals surface area contributed by atoms with E-state index in [0.717, 1.165) is 33.3 Å². The van der Waals surface area contributed by atoms with Gasteiger partial charge in [-0.15, -0.1) is 0 Å². The quantitative estimate of drug-likeness (QED) is 0.224. The fourth-order valence-corrected chi connectivity index (χ4v) is 4.50. The number of hydrogen-bond donors (Lipinski definition) is 0. The van der Waals surface area contributed by atoms with Crippen molar-refractivity contribution in [1.82, 2.24) is 19.9 Å². The second-order valence-corrected chi connectivity index (χ2v) is 8.93. The van der Waals surface area contributed by atoms with Crippen LogP contribution in [0.3, 0.4) is 0 Å². The third-order valence-electron chi connectivity index (χ3n) is 5.82. The molecule has 0 aliphatic heterocycles. The van der Waals surface area contributed by atoms with Gasteiger partial charge < -0.3 is 0 Å². The first-order valence-corrected chi connectivity index (χ1v) is 12.1. The standard InChI is InChI=1S/C30H19BrN4/c31-27-19-26(33-29(34-27)23-17-15-21(16-18-23)20-9-3-1-4-10-20)30-32-25-14-8-7-13-24(25)28(35-30)22-11-5-2-6-12-22/h1-19H. The Kier molecular flexibility index (Phi) is 5.60. The molecule has 2 heterocycles. The molecule has 6 aromatic rings. The Labute approximate surface area is 211 Å². The van der Waals surface area contributed by atoms with Crippen molar-refractivity contribution in [3.8, 4) is 45.3 Å². The monoisotopic (exact) mass is 514 g/mol. The Bertz CT molecular complexity index is 1630. The molecule has 0 fully saturated rings. The van der Waals surface area contributed by atoms with Gasteiger partial charge in [0, 0.05) is 22.6 Å². The van der Waals surface area contributed by atoms with Crippen LogP contribution in [0.1, 0.15) is 0 Å². The van der Waals surface area contributed by atoms with Gasteiger partial charge in [-0.05, 0) is 33.1 Å². The summed E-state index contributed by atoms with van der Waals surface area (Å²) in [6.45, 7) is 0. The topological polar surface area (TPSA) is 51.6 Å². The minimum atomic E-state index is 0.563. The highest BCUT2D eigenvalue weighted by atomic mass is 79.9. The second kappa shape index (κ2) is 9.20. The predicted molar refractivity (Wildman–Crippen MR) is 145 cm³/mol. The first kappa shape index (κ1) is 21.3.